The van der Waals surface area contributed by atoms with Gasteiger partial charge in [-0.3, -0.25) is 4.79 Å². The molecule has 1 aliphatic rings. The molecule has 2 N–H and O–H groups in total. The molecule has 18 heavy (non-hydrogen) atoms. The van der Waals surface area contributed by atoms with Crippen LogP contribution < -0.4 is 5.32 Å². The van der Waals surface area contributed by atoms with Gasteiger partial charge >= 0.3 is 0 Å². The molecule has 0 saturated heterocycles. The van der Waals surface area contributed by atoms with Crippen LogP contribution in [0.3, 0.4) is 0 Å². The average Bonchev–Trinajstić information content (AvgIpc) is 2.77. The van der Waals surface area contributed by atoms with E-state index in [0.29, 0.717) is 17.1 Å². The number of hydrogen-bond acceptors (Lipinski definition) is 2. The molecule has 0 heterocycles. The van der Waals surface area contributed by atoms with Crippen molar-refractivity contribution in [3.05, 3.63) is 33.3 Å². The third-order valence-corrected chi connectivity index (χ3v) is 4.53. The maximum Gasteiger partial charge on any atom is 0.251 e. The van der Waals surface area contributed by atoms with Gasteiger partial charge in [-0.1, -0.05) is 24.4 Å². The Morgan fingerprint density at radius 2 is 2.11 bits per heavy atom. The Labute approximate surface area is 120 Å². The van der Waals surface area contributed by atoms with E-state index in [1.807, 2.05) is 0 Å². The molecule has 0 aromatic heterocycles. The van der Waals surface area contributed by atoms with Gasteiger partial charge in [-0.2, -0.15) is 0 Å². The number of carbonyl (C=O) groups excluding carboxylic acids is 1. The smallest absolute Gasteiger partial charge is 0.251 e. The van der Waals surface area contributed by atoms with Gasteiger partial charge in [-0.25, -0.2) is 0 Å². The summed E-state index contributed by atoms with van der Waals surface area (Å²) < 4.78 is 0.759. The minimum atomic E-state index is -0.727. The highest BCUT2D eigenvalue weighted by Crippen LogP contribution is 2.28. The zero-order valence-corrected chi connectivity index (χ0v) is 12.2. The van der Waals surface area contributed by atoms with Gasteiger partial charge in [-0.15, -0.1) is 0 Å². The summed E-state index contributed by atoms with van der Waals surface area (Å²) in [5.74, 6) is -0.204. The van der Waals surface area contributed by atoms with Crippen LogP contribution in [0.2, 0.25) is 5.02 Å². The predicted molar refractivity (Wildman–Crippen MR) is 74.9 cm³/mol. The fourth-order valence-corrected chi connectivity index (χ4v) is 2.62. The Hall–Kier alpha value is -0.580. The van der Waals surface area contributed by atoms with E-state index in [9.17, 15) is 9.90 Å². The van der Waals surface area contributed by atoms with E-state index in [2.05, 4.69) is 21.2 Å². The predicted octanol–water partition coefficient (Wildman–Crippen LogP) is 3.14. The van der Waals surface area contributed by atoms with E-state index in [1.165, 1.54) is 0 Å². The number of rotatable bonds is 3. The lowest BCUT2D eigenvalue weighted by Crippen LogP contribution is -2.40. The maximum absolute atomic E-state index is 11.9. The lowest BCUT2D eigenvalue weighted by molar-refractivity contribution is 0.0449. The van der Waals surface area contributed by atoms with Gasteiger partial charge in [0.25, 0.3) is 5.91 Å². The van der Waals surface area contributed by atoms with E-state index in [-0.39, 0.29) is 5.91 Å². The molecule has 0 radical (unpaired) electrons. The van der Waals surface area contributed by atoms with Gasteiger partial charge in [0.15, 0.2) is 0 Å². The van der Waals surface area contributed by atoms with Crippen LogP contribution in [0.4, 0.5) is 0 Å². The molecule has 0 aliphatic heterocycles. The Balaban J connectivity index is 1.97. The molecule has 0 atom stereocenters. The average molecular weight is 333 g/mol. The van der Waals surface area contributed by atoms with Crippen LogP contribution in [0, 0.1) is 0 Å². The summed E-state index contributed by atoms with van der Waals surface area (Å²) in [7, 11) is 0. The van der Waals surface area contributed by atoms with Crippen molar-refractivity contribution >= 4 is 33.4 Å². The first-order chi connectivity index (χ1) is 8.50. The lowest BCUT2D eigenvalue weighted by Gasteiger charge is -2.22. The monoisotopic (exact) mass is 331 g/mol. The molecular weight excluding hydrogens is 318 g/mol. The molecule has 1 aromatic rings. The standard InChI is InChI=1S/C13H15BrClNO2/c14-10-4-3-9(7-11(10)15)12(17)16-8-13(18)5-1-2-6-13/h3-4,7,18H,1-2,5-6,8H2,(H,16,17). The van der Waals surface area contributed by atoms with Crippen LogP contribution in [0.25, 0.3) is 0 Å². The lowest BCUT2D eigenvalue weighted by atomic mass is 10.0. The summed E-state index contributed by atoms with van der Waals surface area (Å²) >= 11 is 9.21. The molecule has 1 aromatic carbocycles. The zero-order chi connectivity index (χ0) is 13.2. The van der Waals surface area contributed by atoms with Crippen LogP contribution in [0.5, 0.6) is 0 Å². The highest BCUT2D eigenvalue weighted by Gasteiger charge is 2.31. The second kappa shape index (κ2) is 5.59. The highest BCUT2D eigenvalue weighted by atomic mass is 79.9. The fraction of sp³-hybridized carbons (Fsp3) is 0.462. The molecule has 1 aliphatic carbocycles. The Morgan fingerprint density at radius 1 is 1.44 bits per heavy atom. The molecule has 98 valence electrons. The van der Waals surface area contributed by atoms with Gasteiger partial charge in [0, 0.05) is 16.6 Å². The summed E-state index contributed by atoms with van der Waals surface area (Å²) in [5, 5.41) is 13.4. The Morgan fingerprint density at radius 3 is 2.72 bits per heavy atom. The quantitative estimate of drug-likeness (QED) is 0.893. The van der Waals surface area contributed by atoms with Crippen molar-refractivity contribution in [3.63, 3.8) is 0 Å². The maximum atomic E-state index is 11.9. The fourth-order valence-electron chi connectivity index (χ4n) is 2.19. The molecular formula is C13H15BrClNO2. The van der Waals surface area contributed by atoms with E-state index >= 15 is 0 Å². The van der Waals surface area contributed by atoms with Gasteiger partial charge in [0.2, 0.25) is 0 Å². The second-order valence-corrected chi connectivity index (χ2v) is 6.00. The number of carbonyl (C=O) groups is 1. The zero-order valence-electron chi connectivity index (χ0n) is 9.88. The summed E-state index contributed by atoms with van der Waals surface area (Å²) in [6.45, 7) is 0.305. The Kier molecular flexibility index (Phi) is 4.30. The molecule has 1 fully saturated rings. The number of aliphatic hydroxyl groups is 1. The summed E-state index contributed by atoms with van der Waals surface area (Å²) in [5.41, 5.74) is -0.223. The molecule has 1 saturated carbocycles. The number of amides is 1. The first-order valence-corrected chi connectivity index (χ1v) is 7.13. The van der Waals surface area contributed by atoms with Gasteiger partial charge < -0.3 is 10.4 Å². The molecule has 0 unspecified atom stereocenters. The molecule has 5 heteroatoms. The minimum absolute atomic E-state index is 0.204. The van der Waals surface area contributed by atoms with Crippen molar-refractivity contribution in [2.75, 3.05) is 6.54 Å². The summed E-state index contributed by atoms with van der Waals surface area (Å²) in [6.07, 6.45) is 3.57. The van der Waals surface area contributed by atoms with Crippen LogP contribution >= 0.6 is 27.5 Å². The molecule has 1 amide bonds. The topological polar surface area (TPSA) is 49.3 Å². The summed E-state index contributed by atoms with van der Waals surface area (Å²) in [4.78, 5) is 11.9. The highest BCUT2D eigenvalue weighted by molar-refractivity contribution is 9.10. The van der Waals surface area contributed by atoms with E-state index in [4.69, 9.17) is 11.6 Å². The van der Waals surface area contributed by atoms with Crippen LogP contribution in [0.15, 0.2) is 22.7 Å². The number of halogens is 2. The largest absolute Gasteiger partial charge is 0.388 e. The minimum Gasteiger partial charge on any atom is -0.388 e. The van der Waals surface area contributed by atoms with Crippen molar-refractivity contribution in [2.45, 2.75) is 31.3 Å². The van der Waals surface area contributed by atoms with Crippen molar-refractivity contribution in [1.82, 2.24) is 5.32 Å². The normalized spacial score (nSPS) is 17.7. The summed E-state index contributed by atoms with van der Waals surface area (Å²) in [6, 6.07) is 5.05. The number of hydrogen-bond donors (Lipinski definition) is 2. The van der Waals surface area contributed by atoms with Gasteiger partial charge in [0.1, 0.15) is 0 Å². The van der Waals surface area contributed by atoms with Crippen molar-refractivity contribution < 1.29 is 9.90 Å². The van der Waals surface area contributed by atoms with Gasteiger partial charge in [0.05, 0.1) is 10.6 Å². The van der Waals surface area contributed by atoms with Crippen molar-refractivity contribution in [3.8, 4) is 0 Å². The Bertz CT molecular complexity index is 458. The van der Waals surface area contributed by atoms with Crippen LogP contribution in [-0.4, -0.2) is 23.2 Å². The van der Waals surface area contributed by atoms with E-state index < -0.39 is 5.60 Å². The second-order valence-electron chi connectivity index (χ2n) is 4.74. The first kappa shape index (κ1) is 13.8. The third-order valence-electron chi connectivity index (χ3n) is 3.29. The number of benzene rings is 1. The molecule has 0 bridgehead atoms. The molecule has 0 spiro atoms. The van der Waals surface area contributed by atoms with E-state index in [1.54, 1.807) is 18.2 Å². The first-order valence-electron chi connectivity index (χ1n) is 5.96. The van der Waals surface area contributed by atoms with Crippen LogP contribution in [-0.2, 0) is 0 Å². The molecule has 3 nitrogen and oxygen atoms in total. The van der Waals surface area contributed by atoms with Crippen LogP contribution in [0.1, 0.15) is 36.0 Å². The van der Waals surface area contributed by atoms with Crippen molar-refractivity contribution in [2.24, 2.45) is 0 Å². The van der Waals surface area contributed by atoms with Gasteiger partial charge in [-0.05, 0) is 47.0 Å². The SMILES string of the molecule is O=C(NCC1(O)CCCC1)c1ccc(Br)c(Cl)c1. The van der Waals surface area contributed by atoms with E-state index in [0.717, 1.165) is 30.2 Å². The molecule has 2 rings (SSSR count). The van der Waals surface area contributed by atoms with Crippen molar-refractivity contribution in [1.29, 1.82) is 0 Å². The third kappa shape index (κ3) is 3.25. The number of nitrogens with one attached hydrogen (secondary N) is 1.